The normalized spacial score (nSPS) is 14.2. The summed E-state index contributed by atoms with van der Waals surface area (Å²) in [6, 6.07) is 10.3. The number of amides is 3. The Balaban J connectivity index is 1.51. The molecule has 0 atom stereocenters. The molecule has 4 rings (SSSR count). The highest BCUT2D eigenvalue weighted by Gasteiger charge is 2.35. The number of ether oxygens (including phenoxy) is 3. The van der Waals surface area contributed by atoms with Crippen LogP contribution in [-0.2, 0) is 11.3 Å². The van der Waals surface area contributed by atoms with E-state index in [9.17, 15) is 14.4 Å². The summed E-state index contributed by atoms with van der Waals surface area (Å²) in [6.07, 6.45) is 0.562. The van der Waals surface area contributed by atoms with Gasteiger partial charge in [-0.1, -0.05) is 6.07 Å². The molecule has 0 unspecified atom stereocenters. The van der Waals surface area contributed by atoms with E-state index >= 15 is 0 Å². The predicted molar refractivity (Wildman–Crippen MR) is 111 cm³/mol. The van der Waals surface area contributed by atoms with E-state index in [1.807, 2.05) is 25.1 Å². The molecule has 0 spiro atoms. The second-order valence-corrected chi connectivity index (χ2v) is 7.38. The van der Waals surface area contributed by atoms with Crippen molar-refractivity contribution in [3.8, 4) is 11.5 Å². The van der Waals surface area contributed by atoms with Crippen molar-refractivity contribution in [3.05, 3.63) is 58.7 Å². The van der Waals surface area contributed by atoms with Crippen molar-refractivity contribution in [2.45, 2.75) is 19.9 Å². The van der Waals surface area contributed by atoms with Gasteiger partial charge in [-0.3, -0.25) is 19.3 Å². The Kier molecular flexibility index (Phi) is 5.90. The van der Waals surface area contributed by atoms with Crippen LogP contribution in [0.1, 0.15) is 50.0 Å². The number of carbonyl (C=O) groups is 3. The van der Waals surface area contributed by atoms with Crippen LogP contribution in [0.5, 0.6) is 11.5 Å². The molecule has 0 saturated heterocycles. The summed E-state index contributed by atoms with van der Waals surface area (Å²) in [6.45, 7) is 3.71. The average molecular weight is 424 g/mol. The molecule has 8 heteroatoms. The molecule has 0 N–H and O–H groups in total. The molecule has 31 heavy (non-hydrogen) atoms. The van der Waals surface area contributed by atoms with Gasteiger partial charge in [0, 0.05) is 38.9 Å². The predicted octanol–water partition coefficient (Wildman–Crippen LogP) is 2.71. The van der Waals surface area contributed by atoms with Gasteiger partial charge < -0.3 is 19.1 Å². The third kappa shape index (κ3) is 3.98. The molecular weight excluding hydrogens is 400 g/mol. The Hall–Kier alpha value is -3.39. The Morgan fingerprint density at radius 3 is 2.61 bits per heavy atom. The van der Waals surface area contributed by atoms with Gasteiger partial charge in [0.1, 0.15) is 0 Å². The smallest absolute Gasteiger partial charge is 0.261 e. The fraction of sp³-hybridized carbons (Fsp3) is 0.348. The number of rotatable bonds is 8. The Bertz CT molecular complexity index is 1030. The molecule has 2 aromatic carbocycles. The summed E-state index contributed by atoms with van der Waals surface area (Å²) in [5, 5.41) is 0. The quantitative estimate of drug-likeness (QED) is 0.479. The fourth-order valence-electron chi connectivity index (χ4n) is 3.76. The second-order valence-electron chi connectivity index (χ2n) is 7.38. The minimum Gasteiger partial charge on any atom is -0.454 e. The van der Waals surface area contributed by atoms with Crippen molar-refractivity contribution in [2.24, 2.45) is 0 Å². The van der Waals surface area contributed by atoms with Gasteiger partial charge in [0.15, 0.2) is 11.5 Å². The lowest BCUT2D eigenvalue weighted by Crippen LogP contribution is -2.31. The van der Waals surface area contributed by atoms with Gasteiger partial charge in [0.2, 0.25) is 6.79 Å². The number of carbonyl (C=O) groups excluding carboxylic acids is 3. The first-order chi connectivity index (χ1) is 15.0. The summed E-state index contributed by atoms with van der Waals surface area (Å²) >= 11 is 0. The van der Waals surface area contributed by atoms with E-state index in [0.29, 0.717) is 48.7 Å². The van der Waals surface area contributed by atoms with Gasteiger partial charge in [-0.15, -0.1) is 0 Å². The number of nitrogens with zero attached hydrogens (tertiary/aromatic N) is 2. The minimum absolute atomic E-state index is 0.194. The highest BCUT2D eigenvalue weighted by Crippen LogP contribution is 2.33. The van der Waals surface area contributed by atoms with E-state index in [1.165, 1.54) is 11.0 Å². The summed E-state index contributed by atoms with van der Waals surface area (Å²) in [4.78, 5) is 41.3. The summed E-state index contributed by atoms with van der Waals surface area (Å²) in [5.41, 5.74) is 1.89. The van der Waals surface area contributed by atoms with E-state index in [1.54, 1.807) is 24.1 Å². The first kappa shape index (κ1) is 20.9. The van der Waals surface area contributed by atoms with Crippen molar-refractivity contribution in [3.63, 3.8) is 0 Å². The molecular formula is C23H24N2O6. The van der Waals surface area contributed by atoms with E-state index in [2.05, 4.69) is 0 Å². The lowest BCUT2D eigenvalue weighted by Gasteiger charge is -2.21. The van der Waals surface area contributed by atoms with E-state index in [0.717, 1.165) is 5.56 Å². The monoisotopic (exact) mass is 424 g/mol. The zero-order valence-electron chi connectivity index (χ0n) is 17.6. The third-order valence-electron chi connectivity index (χ3n) is 5.43. The number of hydrogen-bond acceptors (Lipinski definition) is 6. The van der Waals surface area contributed by atoms with Crippen LogP contribution in [0.4, 0.5) is 0 Å². The molecule has 0 fully saturated rings. The Morgan fingerprint density at radius 2 is 1.84 bits per heavy atom. The van der Waals surface area contributed by atoms with Crippen molar-refractivity contribution in [2.75, 3.05) is 33.6 Å². The molecule has 2 aliphatic heterocycles. The molecule has 2 heterocycles. The van der Waals surface area contributed by atoms with Crippen LogP contribution in [0.2, 0.25) is 0 Å². The van der Waals surface area contributed by atoms with E-state index < -0.39 is 0 Å². The second kappa shape index (κ2) is 8.77. The van der Waals surface area contributed by atoms with Crippen LogP contribution in [0.15, 0.2) is 36.4 Å². The number of hydrogen-bond donors (Lipinski definition) is 0. The highest BCUT2D eigenvalue weighted by molar-refractivity contribution is 6.22. The van der Waals surface area contributed by atoms with Crippen molar-refractivity contribution < 1.29 is 28.6 Å². The van der Waals surface area contributed by atoms with Gasteiger partial charge in [0.05, 0.1) is 11.1 Å². The molecule has 0 aliphatic carbocycles. The third-order valence-corrected chi connectivity index (χ3v) is 5.43. The topological polar surface area (TPSA) is 85.4 Å². The zero-order valence-corrected chi connectivity index (χ0v) is 17.6. The van der Waals surface area contributed by atoms with Crippen LogP contribution in [0.25, 0.3) is 0 Å². The lowest BCUT2D eigenvalue weighted by molar-refractivity contribution is 0.0638. The molecule has 0 radical (unpaired) electrons. The van der Waals surface area contributed by atoms with Crippen LogP contribution in [-0.4, -0.2) is 61.1 Å². The van der Waals surface area contributed by atoms with Gasteiger partial charge in [-0.2, -0.15) is 0 Å². The molecule has 0 bridgehead atoms. The molecule has 8 nitrogen and oxygen atoms in total. The summed E-state index contributed by atoms with van der Waals surface area (Å²) in [5.74, 6) is 0.444. The Morgan fingerprint density at radius 1 is 1.06 bits per heavy atom. The number of methoxy groups -OCH3 is 1. The molecule has 0 aromatic heterocycles. The molecule has 2 aliphatic rings. The molecule has 162 valence electrons. The maximum atomic E-state index is 13.1. The van der Waals surface area contributed by atoms with E-state index in [-0.39, 0.29) is 36.6 Å². The average Bonchev–Trinajstić information content (AvgIpc) is 3.35. The van der Waals surface area contributed by atoms with Gasteiger partial charge in [-0.25, -0.2) is 0 Å². The minimum atomic E-state index is -0.371. The first-order valence-electron chi connectivity index (χ1n) is 10.2. The van der Waals surface area contributed by atoms with Crippen LogP contribution in [0.3, 0.4) is 0 Å². The lowest BCUT2D eigenvalue weighted by atomic mass is 10.0. The SMILES string of the molecule is CCN(Cc1ccc2c(c1)OCO2)C(=O)c1ccc2c(c1)C(=O)N(CCCOC)C2=O. The summed E-state index contributed by atoms with van der Waals surface area (Å²) in [7, 11) is 1.57. The number of fused-ring (bicyclic) bond motifs is 2. The molecule has 0 saturated carbocycles. The zero-order chi connectivity index (χ0) is 22.0. The maximum Gasteiger partial charge on any atom is 0.261 e. The summed E-state index contributed by atoms with van der Waals surface area (Å²) < 4.78 is 15.7. The van der Waals surface area contributed by atoms with Crippen LogP contribution >= 0.6 is 0 Å². The fourth-order valence-corrected chi connectivity index (χ4v) is 3.76. The standard InChI is InChI=1S/C23H24N2O6/c1-3-24(13-15-5-8-19-20(11-15)31-14-30-19)21(26)16-6-7-17-18(12-16)23(28)25(22(17)27)9-4-10-29-2/h5-8,11-12H,3-4,9-10,13-14H2,1-2H3. The van der Waals surface area contributed by atoms with Crippen molar-refractivity contribution >= 4 is 17.7 Å². The first-order valence-corrected chi connectivity index (χ1v) is 10.2. The maximum absolute atomic E-state index is 13.1. The number of imide groups is 1. The molecule has 2 aromatic rings. The van der Waals surface area contributed by atoms with Crippen LogP contribution < -0.4 is 9.47 Å². The van der Waals surface area contributed by atoms with Crippen molar-refractivity contribution in [1.29, 1.82) is 0 Å². The number of benzene rings is 2. The van der Waals surface area contributed by atoms with Gasteiger partial charge in [-0.05, 0) is 49.2 Å². The van der Waals surface area contributed by atoms with Crippen LogP contribution in [0, 0.1) is 0 Å². The van der Waals surface area contributed by atoms with Gasteiger partial charge in [0.25, 0.3) is 17.7 Å². The largest absolute Gasteiger partial charge is 0.454 e. The highest BCUT2D eigenvalue weighted by atomic mass is 16.7. The van der Waals surface area contributed by atoms with Gasteiger partial charge >= 0.3 is 0 Å². The molecule has 3 amide bonds. The Labute approximate surface area is 180 Å². The van der Waals surface area contributed by atoms with E-state index in [4.69, 9.17) is 14.2 Å². The van der Waals surface area contributed by atoms with Crippen molar-refractivity contribution in [1.82, 2.24) is 9.80 Å².